The van der Waals surface area contributed by atoms with Crippen LogP contribution in [0.1, 0.15) is 44.7 Å². The van der Waals surface area contributed by atoms with E-state index in [0.29, 0.717) is 17.5 Å². The van der Waals surface area contributed by atoms with Crippen LogP contribution in [0.3, 0.4) is 0 Å². The van der Waals surface area contributed by atoms with E-state index in [1.165, 1.54) is 6.07 Å². The zero-order valence-corrected chi connectivity index (χ0v) is 13.2. The first kappa shape index (κ1) is 16.4. The number of nitrogens with zero attached hydrogens (tertiary/aromatic N) is 1. The molecule has 0 saturated carbocycles. The van der Waals surface area contributed by atoms with Gasteiger partial charge < -0.3 is 5.32 Å². The normalized spacial score (nSPS) is 24.3. The number of halogens is 2. The molecule has 2 unspecified atom stereocenters. The summed E-state index contributed by atoms with van der Waals surface area (Å²) in [6.07, 6.45) is 3.37. The van der Waals surface area contributed by atoms with E-state index in [4.69, 9.17) is 0 Å². The number of hydrogen-bond donors (Lipinski definition) is 1. The SMILES string of the molecule is CC(C)NCC1CCCCN(C)C1c1ccc(F)cc1F. The van der Waals surface area contributed by atoms with Gasteiger partial charge in [-0.25, -0.2) is 8.78 Å². The van der Waals surface area contributed by atoms with E-state index in [1.807, 2.05) is 7.05 Å². The van der Waals surface area contributed by atoms with E-state index in [9.17, 15) is 8.78 Å². The van der Waals surface area contributed by atoms with Crippen LogP contribution in [0, 0.1) is 17.6 Å². The highest BCUT2D eigenvalue weighted by Gasteiger charge is 2.30. The van der Waals surface area contributed by atoms with Gasteiger partial charge in [-0.05, 0) is 38.4 Å². The largest absolute Gasteiger partial charge is 0.314 e. The molecule has 0 aromatic heterocycles. The summed E-state index contributed by atoms with van der Waals surface area (Å²) in [5.41, 5.74) is 0.622. The Hall–Kier alpha value is -1.00. The fraction of sp³-hybridized carbons (Fsp3) is 0.647. The minimum Gasteiger partial charge on any atom is -0.314 e. The molecule has 2 rings (SSSR count). The average molecular weight is 296 g/mol. The van der Waals surface area contributed by atoms with Crippen LogP contribution in [0.25, 0.3) is 0 Å². The zero-order chi connectivity index (χ0) is 15.4. The Labute approximate surface area is 126 Å². The summed E-state index contributed by atoms with van der Waals surface area (Å²) in [5, 5.41) is 3.47. The summed E-state index contributed by atoms with van der Waals surface area (Å²) < 4.78 is 27.4. The van der Waals surface area contributed by atoms with Crippen LogP contribution in [0.15, 0.2) is 18.2 Å². The van der Waals surface area contributed by atoms with Crippen LogP contribution in [0.2, 0.25) is 0 Å². The van der Waals surface area contributed by atoms with E-state index in [0.717, 1.165) is 38.4 Å². The average Bonchev–Trinajstić information content (AvgIpc) is 2.59. The van der Waals surface area contributed by atoms with Crippen LogP contribution < -0.4 is 5.32 Å². The highest BCUT2D eigenvalue weighted by molar-refractivity contribution is 5.23. The molecule has 0 bridgehead atoms. The molecule has 1 aromatic carbocycles. The molecule has 0 radical (unpaired) electrons. The van der Waals surface area contributed by atoms with Crippen LogP contribution in [0.5, 0.6) is 0 Å². The smallest absolute Gasteiger partial charge is 0.130 e. The number of rotatable bonds is 4. The molecule has 4 heteroatoms. The Morgan fingerprint density at radius 2 is 2.05 bits per heavy atom. The van der Waals surface area contributed by atoms with Gasteiger partial charge in [0.25, 0.3) is 0 Å². The predicted molar refractivity (Wildman–Crippen MR) is 82.2 cm³/mol. The van der Waals surface area contributed by atoms with Gasteiger partial charge in [-0.3, -0.25) is 4.90 Å². The molecular formula is C17H26F2N2. The van der Waals surface area contributed by atoms with Gasteiger partial charge in [-0.1, -0.05) is 26.3 Å². The summed E-state index contributed by atoms with van der Waals surface area (Å²) in [5.74, 6) is -0.590. The minimum absolute atomic E-state index is 0.0133. The lowest BCUT2D eigenvalue weighted by atomic mass is 9.88. The van der Waals surface area contributed by atoms with Gasteiger partial charge in [0.15, 0.2) is 0 Å². The summed E-state index contributed by atoms with van der Waals surface area (Å²) in [6.45, 7) is 6.06. The van der Waals surface area contributed by atoms with Crippen molar-refractivity contribution in [1.29, 1.82) is 0 Å². The number of likely N-dealkylation sites (tertiary alicyclic amines) is 1. The van der Waals surface area contributed by atoms with E-state index >= 15 is 0 Å². The molecule has 1 fully saturated rings. The minimum atomic E-state index is -0.510. The van der Waals surface area contributed by atoms with Crippen molar-refractivity contribution in [3.8, 4) is 0 Å². The molecule has 2 nitrogen and oxygen atoms in total. The van der Waals surface area contributed by atoms with Gasteiger partial charge in [-0.15, -0.1) is 0 Å². The Bertz CT molecular complexity index is 462. The first-order valence-corrected chi connectivity index (χ1v) is 7.87. The van der Waals surface area contributed by atoms with E-state index in [2.05, 4.69) is 24.1 Å². The first-order chi connectivity index (χ1) is 9.99. The Balaban J connectivity index is 2.27. The number of benzene rings is 1. The summed E-state index contributed by atoms with van der Waals surface area (Å²) >= 11 is 0. The fourth-order valence-corrected chi connectivity index (χ4v) is 3.26. The quantitative estimate of drug-likeness (QED) is 0.910. The van der Waals surface area contributed by atoms with Gasteiger partial charge >= 0.3 is 0 Å². The lowest BCUT2D eigenvalue weighted by Crippen LogP contribution is -2.37. The molecule has 0 aliphatic carbocycles. The van der Waals surface area contributed by atoms with Gasteiger partial charge in [-0.2, -0.15) is 0 Å². The van der Waals surface area contributed by atoms with Crippen molar-refractivity contribution in [3.63, 3.8) is 0 Å². The van der Waals surface area contributed by atoms with Crippen molar-refractivity contribution in [2.75, 3.05) is 20.1 Å². The van der Waals surface area contributed by atoms with Crippen molar-refractivity contribution < 1.29 is 8.78 Å². The van der Waals surface area contributed by atoms with Crippen molar-refractivity contribution in [3.05, 3.63) is 35.4 Å². The third kappa shape index (κ3) is 4.24. The lowest BCUT2D eigenvalue weighted by Gasteiger charge is -2.33. The van der Waals surface area contributed by atoms with E-state index < -0.39 is 11.6 Å². The Morgan fingerprint density at radius 1 is 1.29 bits per heavy atom. The molecule has 1 aliphatic heterocycles. The molecule has 1 aromatic rings. The second-order valence-corrected chi connectivity index (χ2v) is 6.41. The lowest BCUT2D eigenvalue weighted by molar-refractivity contribution is 0.182. The number of hydrogen-bond acceptors (Lipinski definition) is 2. The maximum Gasteiger partial charge on any atom is 0.130 e. The molecule has 1 N–H and O–H groups in total. The highest BCUT2D eigenvalue weighted by Crippen LogP contribution is 2.35. The van der Waals surface area contributed by atoms with Crippen molar-refractivity contribution in [2.24, 2.45) is 5.92 Å². The third-order valence-electron chi connectivity index (χ3n) is 4.33. The third-order valence-corrected chi connectivity index (χ3v) is 4.33. The van der Waals surface area contributed by atoms with Crippen LogP contribution >= 0.6 is 0 Å². The fourth-order valence-electron chi connectivity index (χ4n) is 3.26. The van der Waals surface area contributed by atoms with Gasteiger partial charge in [0.1, 0.15) is 11.6 Å². The predicted octanol–water partition coefficient (Wildman–Crippen LogP) is 3.74. The molecule has 1 aliphatic rings. The first-order valence-electron chi connectivity index (χ1n) is 7.87. The van der Waals surface area contributed by atoms with Crippen LogP contribution in [0.4, 0.5) is 8.78 Å². The van der Waals surface area contributed by atoms with Crippen LogP contribution in [-0.2, 0) is 0 Å². The van der Waals surface area contributed by atoms with Gasteiger partial charge in [0.2, 0.25) is 0 Å². The summed E-state index contributed by atoms with van der Waals surface area (Å²) in [7, 11) is 2.04. The zero-order valence-electron chi connectivity index (χ0n) is 13.2. The maximum atomic E-state index is 14.2. The van der Waals surface area contributed by atoms with Crippen LogP contribution in [-0.4, -0.2) is 31.1 Å². The summed E-state index contributed by atoms with van der Waals surface area (Å²) in [6, 6.07) is 4.40. The molecule has 1 saturated heterocycles. The van der Waals surface area contributed by atoms with E-state index in [-0.39, 0.29) is 6.04 Å². The van der Waals surface area contributed by atoms with Crippen molar-refractivity contribution in [1.82, 2.24) is 10.2 Å². The highest BCUT2D eigenvalue weighted by atomic mass is 19.1. The summed E-state index contributed by atoms with van der Waals surface area (Å²) in [4.78, 5) is 2.22. The van der Waals surface area contributed by atoms with Gasteiger partial charge in [0.05, 0.1) is 0 Å². The topological polar surface area (TPSA) is 15.3 Å². The second kappa shape index (κ2) is 7.32. The number of nitrogens with one attached hydrogen (secondary N) is 1. The molecule has 2 atom stereocenters. The van der Waals surface area contributed by atoms with E-state index in [1.54, 1.807) is 6.07 Å². The van der Waals surface area contributed by atoms with Crippen molar-refractivity contribution >= 4 is 0 Å². The monoisotopic (exact) mass is 296 g/mol. The molecule has 0 amide bonds. The Morgan fingerprint density at radius 3 is 2.71 bits per heavy atom. The molecule has 1 heterocycles. The second-order valence-electron chi connectivity index (χ2n) is 6.41. The molecule has 0 spiro atoms. The molecule has 21 heavy (non-hydrogen) atoms. The maximum absolute atomic E-state index is 14.2. The molecular weight excluding hydrogens is 270 g/mol. The van der Waals surface area contributed by atoms with Crippen molar-refractivity contribution in [2.45, 2.75) is 45.2 Å². The van der Waals surface area contributed by atoms with Gasteiger partial charge in [0, 0.05) is 30.3 Å². The molecule has 118 valence electrons. The Kier molecular flexibility index (Phi) is 5.71. The standard InChI is InChI=1S/C17H26F2N2/c1-12(2)20-11-13-6-4-5-9-21(3)17(13)15-8-7-14(18)10-16(15)19/h7-8,10,12-13,17,20H,4-6,9,11H2,1-3H3.